The first kappa shape index (κ1) is 25.2. The second-order valence-corrected chi connectivity index (χ2v) is 10.4. The van der Waals surface area contributed by atoms with Crippen LogP contribution in [0, 0.1) is 0 Å². The van der Waals surface area contributed by atoms with E-state index in [4.69, 9.17) is 4.98 Å². The van der Waals surface area contributed by atoms with Crippen LogP contribution in [0.5, 0.6) is 5.75 Å². The summed E-state index contributed by atoms with van der Waals surface area (Å²) in [6, 6.07) is 25.2. The van der Waals surface area contributed by atoms with E-state index < -0.39 is 0 Å². The highest BCUT2D eigenvalue weighted by Gasteiger charge is 2.30. The van der Waals surface area contributed by atoms with Crippen molar-refractivity contribution in [1.82, 2.24) is 25.2 Å². The first-order chi connectivity index (χ1) is 19.2. The van der Waals surface area contributed by atoms with Crippen molar-refractivity contribution in [1.29, 1.82) is 0 Å². The molecule has 39 heavy (non-hydrogen) atoms. The Morgan fingerprint density at radius 2 is 1.79 bits per heavy atom. The molecule has 3 heterocycles. The number of nitrogens with zero attached hydrogens (tertiary/aromatic N) is 4. The summed E-state index contributed by atoms with van der Waals surface area (Å²) >= 11 is 0. The average Bonchev–Trinajstić information content (AvgIpc) is 3.28. The Labute approximate surface area is 229 Å². The molecule has 0 radical (unpaired) electrons. The van der Waals surface area contributed by atoms with E-state index >= 15 is 0 Å². The highest BCUT2D eigenvalue weighted by Crippen LogP contribution is 2.34. The Bertz CT molecular complexity index is 1580. The maximum atomic E-state index is 10.0. The number of H-pyrrole nitrogens is 1. The predicted molar refractivity (Wildman–Crippen MR) is 152 cm³/mol. The molecule has 2 aromatic carbocycles. The quantitative estimate of drug-likeness (QED) is 0.243. The Hall–Kier alpha value is -4.07. The lowest BCUT2D eigenvalue weighted by molar-refractivity contribution is -0.654. The Kier molecular flexibility index (Phi) is 7.34. The van der Waals surface area contributed by atoms with Gasteiger partial charge in [0.15, 0.2) is 11.0 Å². The van der Waals surface area contributed by atoms with E-state index in [-0.39, 0.29) is 11.8 Å². The van der Waals surface area contributed by atoms with Gasteiger partial charge in [-0.15, -0.1) is 0 Å². The zero-order valence-electron chi connectivity index (χ0n) is 22.3. The molecular formula is C32H35N6O+. The van der Waals surface area contributed by atoms with E-state index in [2.05, 4.69) is 92.5 Å². The molecule has 1 aliphatic carbocycles. The summed E-state index contributed by atoms with van der Waals surface area (Å²) in [5.41, 5.74) is 8.10. The molecule has 6 rings (SSSR count). The number of aromatic hydroxyl groups is 1. The molecule has 0 spiro atoms. The molecule has 5 aromatic rings. The van der Waals surface area contributed by atoms with Gasteiger partial charge in [0.1, 0.15) is 12.3 Å². The van der Waals surface area contributed by atoms with Crippen LogP contribution in [0.25, 0.3) is 11.0 Å². The number of aromatic amines is 1. The summed E-state index contributed by atoms with van der Waals surface area (Å²) in [6.07, 6.45) is 7.01. The van der Waals surface area contributed by atoms with Gasteiger partial charge in [0, 0.05) is 32.0 Å². The monoisotopic (exact) mass is 519 g/mol. The molecule has 0 saturated carbocycles. The Morgan fingerprint density at radius 1 is 0.949 bits per heavy atom. The van der Waals surface area contributed by atoms with Gasteiger partial charge in [-0.1, -0.05) is 42.5 Å². The van der Waals surface area contributed by atoms with E-state index in [1.54, 1.807) is 18.3 Å². The number of imidazole rings is 1. The van der Waals surface area contributed by atoms with Gasteiger partial charge in [0.2, 0.25) is 0 Å². The lowest BCUT2D eigenvalue weighted by atomic mass is 9.90. The number of aromatic nitrogens is 4. The van der Waals surface area contributed by atoms with Crippen LogP contribution in [-0.2, 0) is 39.6 Å². The van der Waals surface area contributed by atoms with Gasteiger partial charge >= 0.3 is 0 Å². The number of fused-ring (bicyclic) bond motifs is 2. The van der Waals surface area contributed by atoms with Crippen molar-refractivity contribution in [2.75, 3.05) is 0 Å². The van der Waals surface area contributed by atoms with Crippen LogP contribution in [0.3, 0.4) is 0 Å². The van der Waals surface area contributed by atoms with Crippen molar-refractivity contribution in [3.05, 3.63) is 119 Å². The van der Waals surface area contributed by atoms with Gasteiger partial charge < -0.3 is 10.4 Å². The normalized spacial score (nSPS) is 15.1. The third-order valence-electron chi connectivity index (χ3n) is 7.77. The van der Waals surface area contributed by atoms with Crippen LogP contribution in [-0.4, -0.2) is 25.0 Å². The van der Waals surface area contributed by atoms with Crippen molar-refractivity contribution in [3.8, 4) is 5.75 Å². The fourth-order valence-corrected chi connectivity index (χ4v) is 5.77. The number of nitrogens with one attached hydrogen (secondary N) is 2. The summed E-state index contributed by atoms with van der Waals surface area (Å²) in [6.45, 7) is 2.84. The standard InChI is InChI=1S/C32H34N6O/c1-37-28-13-3-2-12-26(28)36-31(37)22-38(29-14-5-10-25-11-6-17-35-32(25)29)21-24-9-4-8-23(18-24)19-33-20-27-30(39)15-7-16-34-27/h2-4,6-9,11-13,15-18,29,33,39H,5,10,14,19-22H2,1H3/p+1. The third kappa shape index (κ3) is 5.55. The van der Waals surface area contributed by atoms with Crippen molar-refractivity contribution in [2.24, 2.45) is 7.05 Å². The van der Waals surface area contributed by atoms with Crippen molar-refractivity contribution >= 4 is 11.0 Å². The number of para-hydroxylation sites is 2. The van der Waals surface area contributed by atoms with E-state index in [1.165, 1.54) is 40.1 Å². The Balaban J connectivity index is 1.25. The van der Waals surface area contributed by atoms with Crippen molar-refractivity contribution < 1.29 is 9.67 Å². The topological polar surface area (TPSA) is 80.9 Å². The minimum absolute atomic E-state index is 0.223. The summed E-state index contributed by atoms with van der Waals surface area (Å²) in [5.74, 6) is 1.41. The smallest absolute Gasteiger partial charge is 0.269 e. The molecule has 7 nitrogen and oxygen atoms in total. The van der Waals surface area contributed by atoms with Crippen LogP contribution in [0.1, 0.15) is 52.8 Å². The van der Waals surface area contributed by atoms with E-state index in [1.807, 2.05) is 6.20 Å². The molecule has 1 atom stereocenters. The molecular weight excluding hydrogens is 484 g/mol. The van der Waals surface area contributed by atoms with Crippen LogP contribution in [0.2, 0.25) is 0 Å². The van der Waals surface area contributed by atoms with E-state index in [9.17, 15) is 5.11 Å². The molecule has 0 aliphatic heterocycles. The van der Waals surface area contributed by atoms with Crippen LogP contribution >= 0.6 is 0 Å². The molecule has 0 fully saturated rings. The predicted octanol–water partition coefficient (Wildman–Crippen LogP) is 4.86. The minimum Gasteiger partial charge on any atom is -0.506 e. The largest absolute Gasteiger partial charge is 0.506 e. The molecule has 7 heteroatoms. The highest BCUT2D eigenvalue weighted by molar-refractivity contribution is 5.70. The molecule has 198 valence electrons. The van der Waals surface area contributed by atoms with Gasteiger partial charge in [-0.05, 0) is 66.3 Å². The summed E-state index contributed by atoms with van der Waals surface area (Å²) in [7, 11) is 2.14. The van der Waals surface area contributed by atoms with Crippen LogP contribution in [0.4, 0.5) is 0 Å². The Morgan fingerprint density at radius 3 is 2.69 bits per heavy atom. The molecule has 1 unspecified atom stereocenters. The fraction of sp³-hybridized carbons (Fsp3) is 0.281. The molecule has 0 bridgehead atoms. The zero-order chi connectivity index (χ0) is 26.6. The number of hydrogen-bond acceptors (Lipinski definition) is 5. The lowest BCUT2D eigenvalue weighted by Gasteiger charge is -2.34. The minimum atomic E-state index is 0.223. The fourth-order valence-electron chi connectivity index (χ4n) is 5.77. The first-order valence-electron chi connectivity index (χ1n) is 13.7. The average molecular weight is 520 g/mol. The van der Waals surface area contributed by atoms with Gasteiger partial charge in [-0.3, -0.25) is 14.9 Å². The second kappa shape index (κ2) is 11.4. The van der Waals surface area contributed by atoms with Crippen LogP contribution in [0.15, 0.2) is 85.2 Å². The van der Waals surface area contributed by atoms with Gasteiger partial charge in [-0.25, -0.2) is 9.55 Å². The summed E-state index contributed by atoms with van der Waals surface area (Å²) in [4.78, 5) is 15.4. The number of aryl methyl sites for hydroxylation is 2. The van der Waals surface area contributed by atoms with E-state index in [0.717, 1.165) is 31.4 Å². The number of rotatable bonds is 9. The highest BCUT2D eigenvalue weighted by atomic mass is 16.3. The van der Waals surface area contributed by atoms with Crippen molar-refractivity contribution in [3.63, 3.8) is 0 Å². The summed E-state index contributed by atoms with van der Waals surface area (Å²) in [5, 5.41) is 13.4. The number of benzene rings is 2. The SMILES string of the molecule is C[n+]1c(CN(Cc2cccc(CNCc3ncccc3O)c2)C2CCCc3cccnc32)[nH]c2ccccc21. The number of pyridine rings is 2. The van der Waals surface area contributed by atoms with Gasteiger partial charge in [-0.2, -0.15) is 0 Å². The number of hydrogen-bond donors (Lipinski definition) is 3. The first-order valence-corrected chi connectivity index (χ1v) is 13.7. The summed E-state index contributed by atoms with van der Waals surface area (Å²) < 4.78 is 2.28. The van der Waals surface area contributed by atoms with Gasteiger partial charge in [0.05, 0.1) is 24.5 Å². The third-order valence-corrected chi connectivity index (χ3v) is 7.77. The zero-order valence-corrected chi connectivity index (χ0v) is 22.3. The molecule has 1 aliphatic rings. The van der Waals surface area contributed by atoms with Crippen molar-refractivity contribution in [2.45, 2.75) is 51.5 Å². The lowest BCUT2D eigenvalue weighted by Crippen LogP contribution is -2.38. The second-order valence-electron chi connectivity index (χ2n) is 10.4. The van der Waals surface area contributed by atoms with Crippen LogP contribution < -0.4 is 9.88 Å². The van der Waals surface area contributed by atoms with E-state index in [0.29, 0.717) is 18.8 Å². The molecule has 3 N–H and O–H groups in total. The molecule has 0 saturated heterocycles. The maximum Gasteiger partial charge on any atom is 0.269 e. The molecule has 3 aromatic heterocycles. The molecule has 0 amide bonds. The van der Waals surface area contributed by atoms with Gasteiger partial charge in [0.25, 0.3) is 5.82 Å². The maximum absolute atomic E-state index is 10.0.